The minimum atomic E-state index is -1.26. The maximum atomic E-state index is 14.2. The van der Waals surface area contributed by atoms with Crippen molar-refractivity contribution in [2.75, 3.05) is 6.54 Å². The Labute approximate surface area is 185 Å². The highest BCUT2D eigenvalue weighted by Gasteiger charge is 2.25. The number of carboxylic acid groups (broad SMARTS) is 2. The predicted octanol–water partition coefficient (Wildman–Crippen LogP) is 2.23. The van der Waals surface area contributed by atoms with E-state index in [0.717, 1.165) is 5.56 Å². The number of guanidine groups is 1. The topological polar surface area (TPSA) is 159 Å². The second-order valence-electron chi connectivity index (χ2n) is 6.69. The maximum absolute atomic E-state index is 14.2. The van der Waals surface area contributed by atoms with E-state index in [0.29, 0.717) is 42.8 Å². The molecule has 2 aromatic carbocycles. The summed E-state index contributed by atoms with van der Waals surface area (Å²) in [5.74, 6) is -5.87. The van der Waals surface area contributed by atoms with E-state index in [1.807, 2.05) is 6.07 Å². The van der Waals surface area contributed by atoms with Gasteiger partial charge in [-0.15, -0.1) is 0 Å². The van der Waals surface area contributed by atoms with Crippen LogP contribution < -0.4 is 11.5 Å². The first-order chi connectivity index (χ1) is 15.5. The van der Waals surface area contributed by atoms with Crippen LogP contribution in [0.2, 0.25) is 0 Å². The van der Waals surface area contributed by atoms with Crippen LogP contribution in [0.5, 0.6) is 0 Å². The third kappa shape index (κ3) is 6.82. The summed E-state index contributed by atoms with van der Waals surface area (Å²) >= 11 is 0. The summed E-state index contributed by atoms with van der Waals surface area (Å²) in [4.78, 5) is 36.0. The van der Waals surface area contributed by atoms with Crippen molar-refractivity contribution >= 4 is 23.9 Å². The second kappa shape index (κ2) is 10.8. The molecule has 0 atom stereocenters. The summed E-state index contributed by atoms with van der Waals surface area (Å²) in [7, 11) is 0. The summed E-state index contributed by atoms with van der Waals surface area (Å²) in [6.07, 6.45) is 1.60. The number of carbonyl (C=O) groups excluding carboxylic acids is 1. The van der Waals surface area contributed by atoms with E-state index < -0.39 is 35.4 Å². The number of carboxylic acids is 2. The van der Waals surface area contributed by atoms with E-state index in [1.165, 1.54) is 11.0 Å². The van der Waals surface area contributed by atoms with E-state index in [1.54, 1.807) is 6.07 Å². The SMILES string of the molecule is NC(N)=NC(=O)N1CCc2cccc(-c3c(F)cc(F)cc3F)c2C1.O=C(O)/C=C/C(=O)O. The van der Waals surface area contributed by atoms with Gasteiger partial charge in [0.05, 0.1) is 5.56 Å². The van der Waals surface area contributed by atoms with Crippen molar-refractivity contribution in [2.24, 2.45) is 16.5 Å². The van der Waals surface area contributed by atoms with Crippen LogP contribution in [-0.2, 0) is 22.6 Å². The molecule has 0 saturated heterocycles. The lowest BCUT2D eigenvalue weighted by Crippen LogP contribution is -2.36. The molecule has 1 aliphatic heterocycles. The molecule has 2 amide bonds. The molecule has 2 aromatic rings. The number of urea groups is 1. The monoisotopic (exact) mass is 464 g/mol. The number of rotatable bonds is 3. The van der Waals surface area contributed by atoms with Gasteiger partial charge < -0.3 is 26.6 Å². The smallest absolute Gasteiger partial charge is 0.347 e. The van der Waals surface area contributed by atoms with E-state index in [9.17, 15) is 27.6 Å². The van der Waals surface area contributed by atoms with Crippen LogP contribution in [0.25, 0.3) is 11.1 Å². The molecule has 3 rings (SSSR count). The molecule has 1 aliphatic rings. The average Bonchev–Trinajstić information content (AvgIpc) is 2.71. The van der Waals surface area contributed by atoms with Gasteiger partial charge in [0.2, 0.25) is 0 Å². The first-order valence-corrected chi connectivity index (χ1v) is 9.27. The first-order valence-electron chi connectivity index (χ1n) is 9.27. The second-order valence-corrected chi connectivity index (χ2v) is 6.69. The number of benzene rings is 2. The van der Waals surface area contributed by atoms with E-state index in [2.05, 4.69) is 4.99 Å². The lowest BCUT2D eigenvalue weighted by molar-refractivity contribution is -0.134. The molecule has 0 aromatic heterocycles. The number of aliphatic imine (C=N–C) groups is 1. The summed E-state index contributed by atoms with van der Waals surface area (Å²) in [5.41, 5.74) is 11.8. The molecule has 0 aliphatic carbocycles. The van der Waals surface area contributed by atoms with Gasteiger partial charge in [-0.1, -0.05) is 18.2 Å². The summed E-state index contributed by atoms with van der Waals surface area (Å²) < 4.78 is 41.5. The van der Waals surface area contributed by atoms with Gasteiger partial charge in [-0.2, -0.15) is 4.99 Å². The van der Waals surface area contributed by atoms with Crippen LogP contribution in [0.1, 0.15) is 11.1 Å². The number of carbonyl (C=O) groups is 3. The zero-order valence-corrected chi connectivity index (χ0v) is 17.0. The summed E-state index contributed by atoms with van der Waals surface area (Å²) in [6.45, 7) is 0.470. The summed E-state index contributed by atoms with van der Waals surface area (Å²) in [5, 5.41) is 15.6. The van der Waals surface area contributed by atoms with Crippen molar-refractivity contribution in [3.63, 3.8) is 0 Å². The van der Waals surface area contributed by atoms with Gasteiger partial charge in [0.1, 0.15) is 17.5 Å². The third-order valence-electron chi connectivity index (χ3n) is 4.41. The predicted molar refractivity (Wildman–Crippen MR) is 111 cm³/mol. The number of amides is 2. The van der Waals surface area contributed by atoms with Crippen LogP contribution in [-0.4, -0.2) is 45.6 Å². The number of aliphatic carboxylic acids is 2. The maximum Gasteiger partial charge on any atom is 0.347 e. The molecular formula is C21H19F3N4O5. The van der Waals surface area contributed by atoms with Crippen LogP contribution in [0, 0.1) is 17.5 Å². The molecule has 174 valence electrons. The molecule has 0 unspecified atom stereocenters. The molecule has 0 spiro atoms. The van der Waals surface area contributed by atoms with Crippen molar-refractivity contribution < 1.29 is 37.8 Å². The largest absolute Gasteiger partial charge is 0.478 e. The Hall–Kier alpha value is -4.35. The molecule has 0 bridgehead atoms. The van der Waals surface area contributed by atoms with Gasteiger partial charge in [-0.25, -0.2) is 27.6 Å². The quantitative estimate of drug-likeness (QED) is 0.308. The number of halogens is 3. The minimum absolute atomic E-state index is 0.0946. The Bertz CT molecular complexity index is 1110. The van der Waals surface area contributed by atoms with E-state index in [-0.39, 0.29) is 23.6 Å². The van der Waals surface area contributed by atoms with Crippen LogP contribution in [0.3, 0.4) is 0 Å². The fraction of sp³-hybridized carbons (Fsp3) is 0.143. The van der Waals surface area contributed by atoms with E-state index in [4.69, 9.17) is 21.7 Å². The number of nitrogens with two attached hydrogens (primary N) is 2. The molecular weight excluding hydrogens is 445 g/mol. The van der Waals surface area contributed by atoms with Crippen molar-refractivity contribution in [1.29, 1.82) is 0 Å². The molecule has 6 N–H and O–H groups in total. The first kappa shape index (κ1) is 24.9. The molecule has 33 heavy (non-hydrogen) atoms. The number of hydrogen-bond acceptors (Lipinski definition) is 3. The van der Waals surface area contributed by atoms with Crippen molar-refractivity contribution in [3.8, 4) is 11.1 Å². The Balaban J connectivity index is 0.000000414. The number of hydrogen-bond donors (Lipinski definition) is 4. The molecule has 9 nitrogen and oxygen atoms in total. The third-order valence-corrected chi connectivity index (χ3v) is 4.41. The fourth-order valence-electron chi connectivity index (χ4n) is 3.10. The molecule has 0 fully saturated rings. The van der Waals surface area contributed by atoms with Crippen LogP contribution in [0.15, 0.2) is 47.5 Å². The van der Waals surface area contributed by atoms with Crippen LogP contribution in [0.4, 0.5) is 18.0 Å². The van der Waals surface area contributed by atoms with Gasteiger partial charge in [0, 0.05) is 37.4 Å². The van der Waals surface area contributed by atoms with Crippen LogP contribution >= 0.6 is 0 Å². The van der Waals surface area contributed by atoms with Gasteiger partial charge in [-0.3, -0.25) is 0 Å². The van der Waals surface area contributed by atoms with Crippen molar-refractivity contribution in [1.82, 2.24) is 4.90 Å². The Morgan fingerprint density at radius 1 is 1.00 bits per heavy atom. The Kier molecular flexibility index (Phi) is 8.15. The van der Waals surface area contributed by atoms with Gasteiger partial charge in [0.15, 0.2) is 5.96 Å². The average molecular weight is 464 g/mol. The zero-order valence-electron chi connectivity index (χ0n) is 17.0. The van der Waals surface area contributed by atoms with Crippen molar-refractivity contribution in [3.05, 3.63) is 71.1 Å². The van der Waals surface area contributed by atoms with Gasteiger partial charge >= 0.3 is 18.0 Å². The van der Waals surface area contributed by atoms with E-state index >= 15 is 0 Å². The number of nitrogens with zero attached hydrogens (tertiary/aromatic N) is 2. The lowest BCUT2D eigenvalue weighted by Gasteiger charge is -2.29. The molecule has 0 radical (unpaired) electrons. The molecule has 0 saturated carbocycles. The Morgan fingerprint density at radius 2 is 1.58 bits per heavy atom. The van der Waals surface area contributed by atoms with Gasteiger partial charge in [0.25, 0.3) is 0 Å². The molecule has 1 heterocycles. The fourth-order valence-corrected chi connectivity index (χ4v) is 3.10. The van der Waals surface area contributed by atoms with Crippen molar-refractivity contribution in [2.45, 2.75) is 13.0 Å². The summed E-state index contributed by atoms with van der Waals surface area (Å²) in [6, 6.07) is 5.66. The normalized spacial score (nSPS) is 12.4. The highest BCUT2D eigenvalue weighted by atomic mass is 19.1. The Morgan fingerprint density at radius 3 is 2.09 bits per heavy atom. The zero-order chi connectivity index (χ0) is 24.7. The standard InChI is InChI=1S/C17H15F3N4O.C4H4O4/c18-10-6-13(19)15(14(20)7-10)11-3-1-2-9-4-5-24(8-12(9)11)17(25)23-16(21)22;5-3(6)1-2-4(7)8/h1-3,6-7H,4-5,8H2,(H4,21,22,23,25);1-2H,(H,5,6)(H,7,8)/b;2-1+. The lowest BCUT2D eigenvalue weighted by atomic mass is 9.90. The highest BCUT2D eigenvalue weighted by molar-refractivity contribution is 5.91. The van der Waals surface area contributed by atoms with Gasteiger partial charge in [-0.05, 0) is 23.1 Å². The minimum Gasteiger partial charge on any atom is -0.478 e. The molecule has 12 heteroatoms. The highest BCUT2D eigenvalue weighted by Crippen LogP contribution is 2.34. The number of fused-ring (bicyclic) bond motifs is 1.